The molecule has 0 aliphatic carbocycles. The number of hydrogen-bond acceptors (Lipinski definition) is 5. The molecule has 3 rings (SSSR count). The summed E-state index contributed by atoms with van der Waals surface area (Å²) in [6.07, 6.45) is 0.569. The highest BCUT2D eigenvalue weighted by Crippen LogP contribution is 2.26. The zero-order valence-electron chi connectivity index (χ0n) is 12.9. The zero-order valence-corrected chi connectivity index (χ0v) is 16.1. The van der Waals surface area contributed by atoms with Crippen LogP contribution in [0.15, 0.2) is 28.1 Å². The summed E-state index contributed by atoms with van der Waals surface area (Å²) in [5, 5.41) is 4.95. The average molecular weight is 443 g/mol. The van der Waals surface area contributed by atoms with Crippen LogP contribution >= 0.6 is 38.9 Å². The number of fused-ring (bicyclic) bond motifs is 1. The fraction of sp³-hybridized carbons (Fsp3) is 0.250. The van der Waals surface area contributed by atoms with Crippen molar-refractivity contribution in [3.05, 3.63) is 44.9 Å². The van der Waals surface area contributed by atoms with Gasteiger partial charge in [0.05, 0.1) is 22.7 Å². The van der Waals surface area contributed by atoms with Crippen LogP contribution in [0.2, 0.25) is 0 Å². The summed E-state index contributed by atoms with van der Waals surface area (Å²) in [5.74, 6) is -0.565. The molecule has 0 unspecified atom stereocenters. The van der Waals surface area contributed by atoms with E-state index in [1.165, 1.54) is 16.2 Å². The molecule has 0 atom stereocenters. The number of halogens is 2. The molecule has 9 heteroatoms. The van der Waals surface area contributed by atoms with Crippen molar-refractivity contribution in [3.8, 4) is 0 Å². The molecule has 25 heavy (non-hydrogen) atoms. The lowest BCUT2D eigenvalue weighted by Gasteiger charge is -2.13. The molecule has 0 bridgehead atoms. The van der Waals surface area contributed by atoms with Crippen molar-refractivity contribution in [2.45, 2.75) is 18.7 Å². The van der Waals surface area contributed by atoms with E-state index in [9.17, 15) is 14.4 Å². The number of amides is 3. The Kier molecular flexibility index (Phi) is 5.51. The molecule has 1 aromatic heterocycles. The van der Waals surface area contributed by atoms with Crippen molar-refractivity contribution >= 4 is 61.7 Å². The number of nitrogens with zero attached hydrogens (tertiary/aromatic N) is 2. The first-order valence-corrected chi connectivity index (χ1v) is 9.66. The molecule has 2 heterocycles. The number of alkyl halides is 1. The normalized spacial score (nSPS) is 13.3. The Balaban J connectivity index is 1.53. The smallest absolute Gasteiger partial charge is 0.261 e. The van der Waals surface area contributed by atoms with Crippen LogP contribution in [0.5, 0.6) is 0 Å². The number of imide groups is 1. The number of rotatable bonds is 6. The van der Waals surface area contributed by atoms with Crippen LogP contribution in [-0.4, -0.2) is 34.2 Å². The largest absolute Gasteiger partial charge is 0.302 e. The summed E-state index contributed by atoms with van der Waals surface area (Å²) >= 11 is 10.3. The van der Waals surface area contributed by atoms with E-state index in [2.05, 4.69) is 26.2 Å². The van der Waals surface area contributed by atoms with Gasteiger partial charge in [0.2, 0.25) is 5.91 Å². The molecule has 1 aliphatic rings. The molecular weight excluding hydrogens is 430 g/mol. The Hall–Kier alpha value is -1.77. The van der Waals surface area contributed by atoms with Gasteiger partial charge in [-0.15, -0.1) is 22.9 Å². The van der Waals surface area contributed by atoms with Crippen molar-refractivity contribution < 1.29 is 14.4 Å². The number of carbonyl (C=O) groups is 3. The molecule has 0 fully saturated rings. The SMILES string of the molecule is O=C(CCCN1C(=O)c2ccc(Br)cc2C1=O)Nc1nc(CCl)cs1. The third-order valence-electron chi connectivity index (χ3n) is 3.65. The topological polar surface area (TPSA) is 79.4 Å². The Morgan fingerprint density at radius 2 is 2.04 bits per heavy atom. The van der Waals surface area contributed by atoms with Gasteiger partial charge in [-0.25, -0.2) is 4.98 Å². The number of nitrogens with one attached hydrogen (secondary N) is 1. The summed E-state index contributed by atoms with van der Waals surface area (Å²) in [5.41, 5.74) is 1.49. The van der Waals surface area contributed by atoms with E-state index >= 15 is 0 Å². The molecule has 3 amide bonds. The van der Waals surface area contributed by atoms with Crippen LogP contribution in [0.4, 0.5) is 5.13 Å². The average Bonchev–Trinajstić information content (AvgIpc) is 3.13. The maximum atomic E-state index is 12.3. The molecule has 0 saturated carbocycles. The Bertz CT molecular complexity index is 855. The third kappa shape index (κ3) is 3.91. The molecule has 130 valence electrons. The highest BCUT2D eigenvalue weighted by molar-refractivity contribution is 9.10. The van der Waals surface area contributed by atoms with Crippen molar-refractivity contribution in [1.29, 1.82) is 0 Å². The van der Waals surface area contributed by atoms with Crippen molar-refractivity contribution in [1.82, 2.24) is 9.88 Å². The molecule has 1 aromatic carbocycles. The summed E-state index contributed by atoms with van der Waals surface area (Å²) < 4.78 is 0.744. The van der Waals surface area contributed by atoms with E-state index in [-0.39, 0.29) is 30.7 Å². The number of anilines is 1. The molecule has 0 radical (unpaired) electrons. The molecule has 0 spiro atoms. The number of carbonyl (C=O) groups excluding carboxylic acids is 3. The second kappa shape index (κ2) is 7.63. The van der Waals surface area contributed by atoms with E-state index < -0.39 is 0 Å². The second-order valence-electron chi connectivity index (χ2n) is 5.38. The third-order valence-corrected chi connectivity index (χ3v) is 5.23. The monoisotopic (exact) mass is 441 g/mol. The predicted octanol–water partition coefficient (Wildman–Crippen LogP) is 3.66. The Morgan fingerprint density at radius 1 is 1.28 bits per heavy atom. The summed E-state index contributed by atoms with van der Waals surface area (Å²) in [4.78, 5) is 41.9. The Morgan fingerprint density at radius 3 is 2.76 bits per heavy atom. The van der Waals surface area contributed by atoms with Crippen LogP contribution in [0.1, 0.15) is 39.3 Å². The minimum atomic E-state index is -0.326. The van der Waals surface area contributed by atoms with Gasteiger partial charge in [0.1, 0.15) is 0 Å². The molecule has 1 N–H and O–H groups in total. The number of thiazole rings is 1. The van der Waals surface area contributed by atoms with Gasteiger partial charge in [-0.3, -0.25) is 19.3 Å². The van der Waals surface area contributed by atoms with E-state index in [4.69, 9.17) is 11.6 Å². The van der Waals surface area contributed by atoms with Gasteiger partial charge in [0.15, 0.2) is 5.13 Å². The van der Waals surface area contributed by atoms with Gasteiger partial charge in [-0.1, -0.05) is 15.9 Å². The minimum Gasteiger partial charge on any atom is -0.302 e. The van der Waals surface area contributed by atoms with Crippen LogP contribution in [-0.2, 0) is 10.7 Å². The quantitative estimate of drug-likeness (QED) is 0.547. The van der Waals surface area contributed by atoms with Crippen LogP contribution in [0.3, 0.4) is 0 Å². The van der Waals surface area contributed by atoms with Gasteiger partial charge in [0, 0.05) is 22.8 Å². The predicted molar refractivity (Wildman–Crippen MR) is 99.0 cm³/mol. The first kappa shape index (κ1) is 18.0. The minimum absolute atomic E-state index is 0.187. The van der Waals surface area contributed by atoms with Crippen LogP contribution in [0, 0.1) is 0 Å². The summed E-state index contributed by atoms with van der Waals surface area (Å²) in [7, 11) is 0. The maximum Gasteiger partial charge on any atom is 0.261 e. The summed E-state index contributed by atoms with van der Waals surface area (Å²) in [6, 6.07) is 4.99. The van der Waals surface area contributed by atoms with Crippen LogP contribution in [0.25, 0.3) is 0 Å². The first-order valence-electron chi connectivity index (χ1n) is 7.45. The lowest BCUT2D eigenvalue weighted by Crippen LogP contribution is -2.31. The van der Waals surface area contributed by atoms with Crippen LogP contribution < -0.4 is 5.32 Å². The standard InChI is InChI=1S/C16H13BrClN3O3S/c17-9-3-4-11-12(6-9)15(24)21(14(11)23)5-1-2-13(22)20-16-19-10(7-18)8-25-16/h3-4,6,8H,1-2,5,7H2,(H,19,20,22). The molecule has 0 saturated heterocycles. The Labute approximate surface area is 161 Å². The van der Waals surface area contributed by atoms with Crippen molar-refractivity contribution in [2.24, 2.45) is 0 Å². The molecule has 2 aromatic rings. The lowest BCUT2D eigenvalue weighted by atomic mass is 10.1. The lowest BCUT2D eigenvalue weighted by molar-refractivity contribution is -0.116. The molecule has 6 nitrogen and oxygen atoms in total. The van der Waals surface area contributed by atoms with Gasteiger partial charge >= 0.3 is 0 Å². The zero-order chi connectivity index (χ0) is 18.0. The van der Waals surface area contributed by atoms with E-state index in [0.29, 0.717) is 34.3 Å². The fourth-order valence-electron chi connectivity index (χ4n) is 2.47. The van der Waals surface area contributed by atoms with E-state index in [1.807, 2.05) is 0 Å². The fourth-order valence-corrected chi connectivity index (χ4v) is 3.79. The number of hydrogen-bond donors (Lipinski definition) is 1. The molecular formula is C16H13BrClN3O3S. The van der Waals surface area contributed by atoms with Crippen molar-refractivity contribution in [3.63, 3.8) is 0 Å². The van der Waals surface area contributed by atoms with Gasteiger partial charge in [0.25, 0.3) is 11.8 Å². The van der Waals surface area contributed by atoms with E-state index in [0.717, 1.165) is 4.47 Å². The first-order chi connectivity index (χ1) is 12.0. The number of benzene rings is 1. The van der Waals surface area contributed by atoms with Gasteiger partial charge in [-0.05, 0) is 24.6 Å². The van der Waals surface area contributed by atoms with Gasteiger partial charge < -0.3 is 5.32 Å². The van der Waals surface area contributed by atoms with Gasteiger partial charge in [-0.2, -0.15) is 0 Å². The summed E-state index contributed by atoms with van der Waals surface area (Å²) in [6.45, 7) is 0.197. The highest BCUT2D eigenvalue weighted by Gasteiger charge is 2.35. The highest BCUT2D eigenvalue weighted by atomic mass is 79.9. The maximum absolute atomic E-state index is 12.3. The van der Waals surface area contributed by atoms with E-state index in [1.54, 1.807) is 23.6 Å². The second-order valence-corrected chi connectivity index (χ2v) is 7.42. The number of aromatic nitrogens is 1. The molecule has 1 aliphatic heterocycles. The van der Waals surface area contributed by atoms with Crippen molar-refractivity contribution in [2.75, 3.05) is 11.9 Å².